The molecule has 0 radical (unpaired) electrons. The SMILES string of the molecule is COc1nn(C)cc1C(=O)Nc1nc2ccc(SC)cc2s1. The molecule has 0 spiro atoms. The molecule has 22 heavy (non-hydrogen) atoms. The number of carbonyl (C=O) groups is 1. The average molecular weight is 334 g/mol. The molecule has 1 amide bonds. The Morgan fingerprint density at radius 3 is 3.00 bits per heavy atom. The number of benzene rings is 1. The maximum absolute atomic E-state index is 12.3. The Kier molecular flexibility index (Phi) is 4.04. The summed E-state index contributed by atoms with van der Waals surface area (Å²) in [5, 5.41) is 7.43. The van der Waals surface area contributed by atoms with Crippen molar-refractivity contribution in [2.45, 2.75) is 4.90 Å². The van der Waals surface area contributed by atoms with E-state index in [0.29, 0.717) is 16.6 Å². The van der Waals surface area contributed by atoms with Crippen LogP contribution in [0.4, 0.5) is 5.13 Å². The summed E-state index contributed by atoms with van der Waals surface area (Å²) in [6, 6.07) is 6.04. The summed E-state index contributed by atoms with van der Waals surface area (Å²) in [7, 11) is 3.22. The number of thiazole rings is 1. The number of aryl methyl sites for hydroxylation is 1. The van der Waals surface area contributed by atoms with Crippen LogP contribution >= 0.6 is 23.1 Å². The number of nitrogens with one attached hydrogen (secondary N) is 1. The molecule has 3 rings (SSSR count). The lowest BCUT2D eigenvalue weighted by Crippen LogP contribution is -2.12. The van der Waals surface area contributed by atoms with E-state index in [1.54, 1.807) is 25.0 Å². The first-order valence-electron chi connectivity index (χ1n) is 6.44. The van der Waals surface area contributed by atoms with Crippen LogP contribution in [-0.2, 0) is 7.05 Å². The van der Waals surface area contributed by atoms with E-state index >= 15 is 0 Å². The highest BCUT2D eigenvalue weighted by Gasteiger charge is 2.18. The van der Waals surface area contributed by atoms with Crippen molar-refractivity contribution in [1.82, 2.24) is 14.8 Å². The van der Waals surface area contributed by atoms with E-state index in [2.05, 4.69) is 21.5 Å². The molecule has 3 aromatic rings. The molecule has 0 aliphatic heterocycles. The minimum atomic E-state index is -0.283. The molecule has 2 heterocycles. The number of nitrogens with zero attached hydrogens (tertiary/aromatic N) is 3. The summed E-state index contributed by atoms with van der Waals surface area (Å²) in [6.07, 6.45) is 3.65. The molecule has 6 nitrogen and oxygen atoms in total. The Morgan fingerprint density at radius 1 is 1.45 bits per heavy atom. The monoisotopic (exact) mass is 334 g/mol. The zero-order valence-corrected chi connectivity index (χ0v) is 13.9. The lowest BCUT2D eigenvalue weighted by molar-refractivity contribution is 0.102. The van der Waals surface area contributed by atoms with E-state index < -0.39 is 0 Å². The standard InChI is InChI=1S/C14H14N4O2S2/c1-18-7-9(13(17-18)20-2)12(19)16-14-15-10-5-4-8(21-3)6-11(10)22-14/h4-7H,1-3H3,(H,15,16,19). The fourth-order valence-corrected chi connectivity index (χ4v) is 3.44. The van der Waals surface area contributed by atoms with Crippen molar-refractivity contribution < 1.29 is 9.53 Å². The van der Waals surface area contributed by atoms with Gasteiger partial charge < -0.3 is 4.74 Å². The van der Waals surface area contributed by atoms with Crippen molar-refractivity contribution in [1.29, 1.82) is 0 Å². The summed E-state index contributed by atoms with van der Waals surface area (Å²) in [6.45, 7) is 0. The fraction of sp³-hybridized carbons (Fsp3) is 0.214. The van der Waals surface area contributed by atoms with Crippen LogP contribution in [0.1, 0.15) is 10.4 Å². The van der Waals surface area contributed by atoms with E-state index in [1.165, 1.54) is 28.0 Å². The highest BCUT2D eigenvalue weighted by Crippen LogP contribution is 2.30. The molecule has 0 aliphatic rings. The van der Waals surface area contributed by atoms with E-state index in [1.807, 2.05) is 18.4 Å². The van der Waals surface area contributed by atoms with Crippen molar-refractivity contribution in [2.24, 2.45) is 7.05 Å². The largest absolute Gasteiger partial charge is 0.479 e. The zero-order valence-electron chi connectivity index (χ0n) is 12.3. The summed E-state index contributed by atoms with van der Waals surface area (Å²) in [4.78, 5) is 17.9. The van der Waals surface area contributed by atoms with Gasteiger partial charge >= 0.3 is 0 Å². The maximum atomic E-state index is 12.3. The van der Waals surface area contributed by atoms with Gasteiger partial charge in [0.25, 0.3) is 5.91 Å². The van der Waals surface area contributed by atoms with Crippen LogP contribution in [0, 0.1) is 0 Å². The van der Waals surface area contributed by atoms with Crippen LogP contribution in [0.15, 0.2) is 29.3 Å². The summed E-state index contributed by atoms with van der Waals surface area (Å²) >= 11 is 3.12. The average Bonchev–Trinajstić information content (AvgIpc) is 3.08. The van der Waals surface area contributed by atoms with Gasteiger partial charge in [-0.3, -0.25) is 14.8 Å². The van der Waals surface area contributed by atoms with Crippen LogP contribution in [-0.4, -0.2) is 34.0 Å². The summed E-state index contributed by atoms with van der Waals surface area (Å²) in [5.74, 6) is 0.0138. The topological polar surface area (TPSA) is 69.0 Å². The number of methoxy groups -OCH3 is 1. The number of amides is 1. The van der Waals surface area contributed by atoms with E-state index in [9.17, 15) is 4.79 Å². The number of thioether (sulfide) groups is 1. The lowest BCUT2D eigenvalue weighted by Gasteiger charge is -2.00. The Morgan fingerprint density at radius 2 is 2.27 bits per heavy atom. The Bertz CT molecular complexity index is 841. The zero-order chi connectivity index (χ0) is 15.7. The highest BCUT2D eigenvalue weighted by atomic mass is 32.2. The molecule has 1 aromatic carbocycles. The predicted molar refractivity (Wildman–Crippen MR) is 89.1 cm³/mol. The molecule has 0 unspecified atom stereocenters. The van der Waals surface area contributed by atoms with E-state index in [0.717, 1.165) is 10.2 Å². The maximum Gasteiger partial charge on any atom is 0.264 e. The highest BCUT2D eigenvalue weighted by molar-refractivity contribution is 7.98. The normalized spacial score (nSPS) is 10.9. The number of hydrogen-bond donors (Lipinski definition) is 1. The first-order valence-corrected chi connectivity index (χ1v) is 8.48. The third-order valence-corrected chi connectivity index (χ3v) is 4.71. The third kappa shape index (κ3) is 2.79. The first kappa shape index (κ1) is 14.9. The minimum absolute atomic E-state index is 0.283. The molecule has 8 heteroatoms. The number of aromatic nitrogens is 3. The van der Waals surface area contributed by atoms with Gasteiger partial charge in [-0.2, -0.15) is 0 Å². The smallest absolute Gasteiger partial charge is 0.264 e. The molecule has 0 saturated heterocycles. The second-order valence-corrected chi connectivity index (χ2v) is 6.44. The Hall–Kier alpha value is -2.06. The van der Waals surface area contributed by atoms with Crippen molar-refractivity contribution in [3.05, 3.63) is 30.0 Å². The number of carbonyl (C=O) groups excluding carboxylic acids is 1. The van der Waals surface area contributed by atoms with Gasteiger partial charge in [0, 0.05) is 18.1 Å². The molecule has 0 saturated carbocycles. The fourth-order valence-electron chi connectivity index (χ4n) is 2.02. The van der Waals surface area contributed by atoms with Crippen LogP contribution in [0.5, 0.6) is 5.88 Å². The van der Waals surface area contributed by atoms with Gasteiger partial charge in [-0.05, 0) is 24.5 Å². The minimum Gasteiger partial charge on any atom is -0.479 e. The van der Waals surface area contributed by atoms with Gasteiger partial charge in [-0.15, -0.1) is 16.9 Å². The quantitative estimate of drug-likeness (QED) is 0.743. The number of rotatable bonds is 4. The molecule has 1 N–H and O–H groups in total. The van der Waals surface area contributed by atoms with Gasteiger partial charge in [0.05, 0.1) is 17.3 Å². The van der Waals surface area contributed by atoms with Crippen molar-refractivity contribution in [3.8, 4) is 5.88 Å². The Labute approximate surface area is 135 Å². The molecule has 0 bridgehead atoms. The van der Waals surface area contributed by atoms with Crippen molar-refractivity contribution in [2.75, 3.05) is 18.7 Å². The van der Waals surface area contributed by atoms with Crippen LogP contribution in [0.25, 0.3) is 10.2 Å². The van der Waals surface area contributed by atoms with Crippen LogP contribution in [0.3, 0.4) is 0 Å². The molecule has 114 valence electrons. The first-order chi connectivity index (χ1) is 10.6. The van der Waals surface area contributed by atoms with Gasteiger partial charge in [0.2, 0.25) is 5.88 Å². The summed E-state index contributed by atoms with van der Waals surface area (Å²) < 4.78 is 7.68. The summed E-state index contributed by atoms with van der Waals surface area (Å²) in [5.41, 5.74) is 1.25. The molecular formula is C14H14N4O2S2. The van der Waals surface area contributed by atoms with E-state index in [4.69, 9.17) is 4.74 Å². The molecule has 2 aromatic heterocycles. The molecule has 0 atom stereocenters. The number of anilines is 1. The number of ether oxygens (including phenoxy) is 1. The van der Waals surface area contributed by atoms with Crippen molar-refractivity contribution >= 4 is 44.4 Å². The van der Waals surface area contributed by atoms with Gasteiger partial charge in [0.15, 0.2) is 5.13 Å². The van der Waals surface area contributed by atoms with E-state index in [-0.39, 0.29) is 5.91 Å². The molecular weight excluding hydrogens is 320 g/mol. The number of fused-ring (bicyclic) bond motifs is 1. The molecule has 0 fully saturated rings. The predicted octanol–water partition coefficient (Wildman–Crippen LogP) is 3.01. The lowest BCUT2D eigenvalue weighted by atomic mass is 10.3. The second kappa shape index (κ2) is 5.98. The molecule has 0 aliphatic carbocycles. The van der Waals surface area contributed by atoms with Gasteiger partial charge in [-0.1, -0.05) is 11.3 Å². The number of hydrogen-bond acceptors (Lipinski definition) is 6. The van der Waals surface area contributed by atoms with Crippen molar-refractivity contribution in [3.63, 3.8) is 0 Å². The second-order valence-electron chi connectivity index (χ2n) is 4.53. The van der Waals surface area contributed by atoms with Gasteiger partial charge in [-0.25, -0.2) is 4.98 Å². The van der Waals surface area contributed by atoms with Crippen LogP contribution < -0.4 is 10.1 Å². The third-order valence-electron chi connectivity index (χ3n) is 3.05. The Balaban J connectivity index is 1.87. The van der Waals surface area contributed by atoms with Gasteiger partial charge in [0.1, 0.15) is 5.56 Å². The van der Waals surface area contributed by atoms with Crippen LogP contribution in [0.2, 0.25) is 0 Å².